The monoisotopic (exact) mass is 594 g/mol. The molecule has 0 saturated heterocycles. The van der Waals surface area contributed by atoms with Gasteiger partial charge < -0.3 is 23.7 Å². The maximum absolute atomic E-state index is 12.8. The third-order valence-electron chi connectivity index (χ3n) is 7.48. The molecule has 2 aromatic rings. The summed E-state index contributed by atoms with van der Waals surface area (Å²) in [5.74, 6) is 0.420. The van der Waals surface area contributed by atoms with E-state index in [9.17, 15) is 19.2 Å². The van der Waals surface area contributed by atoms with Gasteiger partial charge in [0.15, 0.2) is 0 Å². The number of esters is 3. The number of benzene rings is 2. The second kappa shape index (κ2) is 17.1. The van der Waals surface area contributed by atoms with Crippen LogP contribution < -0.4 is 9.47 Å². The summed E-state index contributed by atoms with van der Waals surface area (Å²) in [5.41, 5.74) is 0.662. The van der Waals surface area contributed by atoms with Crippen LogP contribution >= 0.6 is 0 Å². The smallest absolute Gasteiger partial charge is 0.463 e. The molecule has 0 spiro atoms. The fourth-order valence-electron chi connectivity index (χ4n) is 5.01. The van der Waals surface area contributed by atoms with E-state index in [0.29, 0.717) is 36.3 Å². The fourth-order valence-corrected chi connectivity index (χ4v) is 5.01. The third kappa shape index (κ3) is 11.2. The molecule has 1 aliphatic carbocycles. The molecular weight excluding hydrogens is 552 g/mol. The summed E-state index contributed by atoms with van der Waals surface area (Å²) in [6.45, 7) is 10.4. The van der Waals surface area contributed by atoms with Gasteiger partial charge in [-0.05, 0) is 105 Å². The molecule has 0 aromatic heterocycles. The molecule has 1 aliphatic rings. The van der Waals surface area contributed by atoms with E-state index >= 15 is 0 Å². The maximum atomic E-state index is 12.8. The fraction of sp³-hybridized carbons (Fsp3) is 0.471. The molecule has 0 radical (unpaired) electrons. The highest BCUT2D eigenvalue weighted by atomic mass is 16.7. The molecule has 3 rings (SSSR count). The summed E-state index contributed by atoms with van der Waals surface area (Å²) < 4.78 is 26.4. The maximum Gasteiger partial charge on any atom is 0.513 e. The Labute approximate surface area is 253 Å². The van der Waals surface area contributed by atoms with Gasteiger partial charge in [-0.15, -0.1) is 0 Å². The molecular formula is C34H42O9. The number of carbonyl (C=O) groups excluding carboxylic acids is 4. The van der Waals surface area contributed by atoms with Crippen molar-refractivity contribution in [1.82, 2.24) is 0 Å². The number of unbranched alkanes of at least 4 members (excludes halogenated alkanes) is 3. The minimum atomic E-state index is -0.841. The van der Waals surface area contributed by atoms with Gasteiger partial charge in [0.25, 0.3) is 0 Å². The van der Waals surface area contributed by atoms with Gasteiger partial charge in [-0.1, -0.05) is 33.8 Å². The van der Waals surface area contributed by atoms with E-state index in [0.717, 1.165) is 44.6 Å². The van der Waals surface area contributed by atoms with Crippen molar-refractivity contribution >= 4 is 24.1 Å². The molecule has 43 heavy (non-hydrogen) atoms. The summed E-state index contributed by atoms with van der Waals surface area (Å²) in [4.78, 5) is 48.3. The van der Waals surface area contributed by atoms with Crippen molar-refractivity contribution in [2.75, 3.05) is 13.2 Å². The third-order valence-corrected chi connectivity index (χ3v) is 7.48. The highest BCUT2D eigenvalue weighted by Gasteiger charge is 2.33. The Bertz CT molecular complexity index is 1220. The summed E-state index contributed by atoms with van der Waals surface area (Å²) in [6, 6.07) is 12.2. The molecule has 1 fully saturated rings. The lowest BCUT2D eigenvalue weighted by molar-refractivity contribution is -0.137. The predicted octanol–water partition coefficient (Wildman–Crippen LogP) is 7.33. The van der Waals surface area contributed by atoms with Gasteiger partial charge in [0.2, 0.25) is 0 Å². The Morgan fingerprint density at radius 1 is 0.791 bits per heavy atom. The van der Waals surface area contributed by atoms with Crippen LogP contribution in [0.2, 0.25) is 0 Å². The molecule has 0 heterocycles. The minimum absolute atomic E-state index is 0.0965. The molecule has 0 N–H and O–H groups in total. The van der Waals surface area contributed by atoms with Crippen LogP contribution in [0.5, 0.6) is 11.5 Å². The van der Waals surface area contributed by atoms with Crippen LogP contribution in [0.15, 0.2) is 61.2 Å². The average Bonchev–Trinajstić information content (AvgIpc) is 2.98. The molecule has 232 valence electrons. The summed E-state index contributed by atoms with van der Waals surface area (Å²) in [6.07, 6.45) is 6.27. The van der Waals surface area contributed by atoms with E-state index in [1.807, 2.05) is 0 Å². The lowest BCUT2D eigenvalue weighted by Gasteiger charge is -2.36. The highest BCUT2D eigenvalue weighted by molar-refractivity contribution is 5.92. The van der Waals surface area contributed by atoms with Crippen LogP contribution in [0, 0.1) is 17.8 Å². The molecule has 0 amide bonds. The van der Waals surface area contributed by atoms with Crippen molar-refractivity contribution in [3.8, 4) is 11.5 Å². The van der Waals surface area contributed by atoms with E-state index in [4.69, 9.17) is 23.7 Å². The van der Waals surface area contributed by atoms with Crippen molar-refractivity contribution < 1.29 is 42.9 Å². The van der Waals surface area contributed by atoms with Crippen molar-refractivity contribution in [2.24, 2.45) is 17.8 Å². The quantitative estimate of drug-likeness (QED) is 0.0554. The van der Waals surface area contributed by atoms with Gasteiger partial charge in [0, 0.05) is 6.08 Å². The van der Waals surface area contributed by atoms with Crippen LogP contribution in [0.25, 0.3) is 0 Å². The minimum Gasteiger partial charge on any atom is -0.463 e. The standard InChI is InChI=1S/C34H42O9/c1-5-31(35)39-20-8-6-7-9-21-40-34(38)42-28-17-13-25(14-18-28)32(36)41-27-15-11-26(12-16-27)33(37)43-30-22-24(4)10-19-29(30)23(2)3/h5,11-18,23-24,29-30H,1,6-10,19-22H2,2-4H3. The van der Waals surface area contributed by atoms with Crippen LogP contribution in [0.3, 0.4) is 0 Å². The highest BCUT2D eigenvalue weighted by Crippen LogP contribution is 2.35. The first-order valence-corrected chi connectivity index (χ1v) is 14.9. The van der Waals surface area contributed by atoms with Crippen LogP contribution in [-0.4, -0.2) is 43.4 Å². The zero-order valence-electron chi connectivity index (χ0n) is 25.3. The van der Waals surface area contributed by atoms with E-state index in [1.54, 1.807) is 24.3 Å². The summed E-state index contributed by atoms with van der Waals surface area (Å²) in [7, 11) is 0. The molecule has 9 heteroatoms. The molecule has 3 atom stereocenters. The van der Waals surface area contributed by atoms with E-state index in [1.165, 1.54) is 24.3 Å². The van der Waals surface area contributed by atoms with Gasteiger partial charge in [-0.25, -0.2) is 19.2 Å². The molecule has 1 saturated carbocycles. The SMILES string of the molecule is C=CC(=O)OCCCCCCOC(=O)Oc1ccc(C(=O)Oc2ccc(C(=O)OC3CC(C)CCC3C(C)C)cc2)cc1. The number of hydrogen-bond donors (Lipinski definition) is 0. The van der Waals surface area contributed by atoms with Crippen LogP contribution in [0.4, 0.5) is 4.79 Å². The zero-order valence-corrected chi connectivity index (χ0v) is 25.3. The largest absolute Gasteiger partial charge is 0.513 e. The normalized spacial score (nSPS) is 17.9. The van der Waals surface area contributed by atoms with Crippen molar-refractivity contribution in [1.29, 1.82) is 0 Å². The van der Waals surface area contributed by atoms with Gasteiger partial charge >= 0.3 is 24.1 Å². The van der Waals surface area contributed by atoms with Crippen molar-refractivity contribution in [3.05, 3.63) is 72.3 Å². The molecule has 3 unspecified atom stereocenters. The zero-order chi connectivity index (χ0) is 31.2. The lowest BCUT2D eigenvalue weighted by atomic mass is 9.75. The van der Waals surface area contributed by atoms with Gasteiger partial charge in [0.05, 0.1) is 24.3 Å². The molecule has 0 bridgehead atoms. The Hall–Kier alpha value is -4.14. The van der Waals surface area contributed by atoms with Gasteiger partial charge in [-0.3, -0.25) is 0 Å². The van der Waals surface area contributed by atoms with E-state index in [2.05, 4.69) is 27.4 Å². The topological polar surface area (TPSA) is 114 Å². The lowest BCUT2D eigenvalue weighted by Crippen LogP contribution is -2.35. The number of hydrogen-bond acceptors (Lipinski definition) is 9. The average molecular weight is 595 g/mol. The van der Waals surface area contributed by atoms with Crippen LogP contribution in [0.1, 0.15) is 86.4 Å². The molecule has 2 aromatic carbocycles. The first kappa shape index (κ1) is 33.4. The summed E-state index contributed by atoms with van der Waals surface area (Å²) in [5, 5.41) is 0. The van der Waals surface area contributed by atoms with Crippen molar-refractivity contribution in [2.45, 2.75) is 71.8 Å². The Morgan fingerprint density at radius 2 is 1.35 bits per heavy atom. The molecule has 9 nitrogen and oxygen atoms in total. The Balaban J connectivity index is 1.39. The molecule has 0 aliphatic heterocycles. The number of carbonyl (C=O) groups is 4. The Kier molecular flexibility index (Phi) is 13.3. The number of rotatable bonds is 14. The summed E-state index contributed by atoms with van der Waals surface area (Å²) >= 11 is 0. The van der Waals surface area contributed by atoms with E-state index < -0.39 is 18.1 Å². The van der Waals surface area contributed by atoms with Gasteiger partial charge in [0.1, 0.15) is 17.6 Å². The second-order valence-corrected chi connectivity index (χ2v) is 11.2. The van der Waals surface area contributed by atoms with Gasteiger partial charge in [-0.2, -0.15) is 0 Å². The van der Waals surface area contributed by atoms with Crippen molar-refractivity contribution in [3.63, 3.8) is 0 Å². The number of ether oxygens (including phenoxy) is 5. The Morgan fingerprint density at radius 3 is 1.93 bits per heavy atom. The predicted molar refractivity (Wildman–Crippen MR) is 160 cm³/mol. The van der Waals surface area contributed by atoms with Crippen LogP contribution in [-0.2, 0) is 19.0 Å². The second-order valence-electron chi connectivity index (χ2n) is 11.2. The van der Waals surface area contributed by atoms with E-state index in [-0.39, 0.29) is 35.7 Å². The first-order chi connectivity index (χ1) is 20.7. The first-order valence-electron chi connectivity index (χ1n) is 14.9.